The zero-order chi connectivity index (χ0) is 29.4. The van der Waals surface area contributed by atoms with Gasteiger partial charge in [-0.2, -0.15) is 0 Å². The molecule has 0 radical (unpaired) electrons. The molecule has 0 aliphatic carbocycles. The largest absolute Gasteiger partial charge is 0.462 e. The molecular weight excluding hydrogens is 486 g/mol. The van der Waals surface area contributed by atoms with Gasteiger partial charge >= 0.3 is 11.9 Å². The quantitative estimate of drug-likeness (QED) is 0.146. The van der Waals surface area contributed by atoms with Crippen LogP contribution in [0.25, 0.3) is 0 Å². The molecule has 0 heterocycles. The van der Waals surface area contributed by atoms with Gasteiger partial charge in [-0.05, 0) is 31.6 Å². The van der Waals surface area contributed by atoms with Crippen LogP contribution in [0.4, 0.5) is 0 Å². The molecule has 0 bridgehead atoms. The van der Waals surface area contributed by atoms with Gasteiger partial charge in [-0.3, -0.25) is 14.4 Å². The zero-order valence-electron chi connectivity index (χ0n) is 25.8. The second-order valence-corrected chi connectivity index (χ2v) is 11.0. The monoisotopic (exact) mass is 541 g/mol. The summed E-state index contributed by atoms with van der Waals surface area (Å²) in [5.74, 6) is -0.444. The van der Waals surface area contributed by atoms with E-state index in [1.54, 1.807) is 32.2 Å². The molecule has 0 saturated heterocycles. The first-order chi connectivity index (χ1) is 17.9. The van der Waals surface area contributed by atoms with Gasteiger partial charge in [0.15, 0.2) is 0 Å². The minimum absolute atomic E-state index is 0.00606. The van der Waals surface area contributed by atoms with Crippen LogP contribution in [0.5, 0.6) is 0 Å². The number of rotatable bonds is 20. The molecule has 0 spiro atoms. The molecule has 0 rings (SSSR count). The molecule has 7 atom stereocenters. The lowest BCUT2D eigenvalue weighted by molar-refractivity contribution is -0.159. The summed E-state index contributed by atoms with van der Waals surface area (Å²) in [6, 6.07) is 0. The minimum Gasteiger partial charge on any atom is -0.462 e. The second kappa shape index (κ2) is 19.2. The van der Waals surface area contributed by atoms with Gasteiger partial charge in [0.1, 0.15) is 12.2 Å². The Morgan fingerprint density at radius 3 is 1.92 bits per heavy atom. The molecule has 1 amide bonds. The van der Waals surface area contributed by atoms with Crippen molar-refractivity contribution in [3.63, 3.8) is 0 Å². The van der Waals surface area contributed by atoms with E-state index in [2.05, 4.69) is 6.92 Å². The average Bonchev–Trinajstić information content (AvgIpc) is 2.88. The third-order valence-electron chi connectivity index (χ3n) is 7.34. The number of carbonyl (C=O) groups is 3. The Morgan fingerprint density at radius 2 is 1.47 bits per heavy atom. The molecule has 0 unspecified atom stereocenters. The van der Waals surface area contributed by atoms with Crippen molar-refractivity contribution in [2.75, 3.05) is 20.8 Å². The summed E-state index contributed by atoms with van der Waals surface area (Å²) in [4.78, 5) is 37.3. The van der Waals surface area contributed by atoms with Gasteiger partial charge in [0.2, 0.25) is 6.41 Å². The highest BCUT2D eigenvalue weighted by molar-refractivity contribution is 5.71. The third-order valence-corrected chi connectivity index (χ3v) is 7.34. The second-order valence-electron chi connectivity index (χ2n) is 11.0. The van der Waals surface area contributed by atoms with Crippen molar-refractivity contribution in [1.82, 2.24) is 4.90 Å². The Morgan fingerprint density at radius 1 is 0.842 bits per heavy atom. The lowest BCUT2D eigenvalue weighted by Gasteiger charge is -2.34. The smallest absolute Gasteiger partial charge is 0.308 e. The maximum Gasteiger partial charge on any atom is 0.308 e. The average molecular weight is 542 g/mol. The van der Waals surface area contributed by atoms with Crippen molar-refractivity contribution in [3.8, 4) is 0 Å². The Labute approximate surface area is 231 Å². The Kier molecular flexibility index (Phi) is 18.2. The molecule has 8 heteroatoms. The molecule has 0 aromatic heterocycles. The van der Waals surface area contributed by atoms with Gasteiger partial charge < -0.3 is 23.8 Å². The normalized spacial score (nSPS) is 17.5. The van der Waals surface area contributed by atoms with Crippen molar-refractivity contribution >= 4 is 18.3 Å². The molecule has 0 N–H and O–H groups in total. The minimum atomic E-state index is -0.349. The number of esters is 2. The van der Waals surface area contributed by atoms with Crippen LogP contribution in [0, 0.1) is 29.6 Å². The number of hydrogen-bond donors (Lipinski definition) is 0. The highest BCUT2D eigenvalue weighted by Crippen LogP contribution is 2.29. The van der Waals surface area contributed by atoms with E-state index in [0.717, 1.165) is 12.8 Å². The zero-order valence-corrected chi connectivity index (χ0v) is 25.8. The lowest BCUT2D eigenvalue weighted by Crippen LogP contribution is -2.39. The van der Waals surface area contributed by atoms with Crippen molar-refractivity contribution < 1.29 is 33.3 Å². The number of nitrogens with zero attached hydrogens (tertiary/aromatic N) is 1. The van der Waals surface area contributed by atoms with Crippen LogP contribution in [-0.4, -0.2) is 68.4 Å². The van der Waals surface area contributed by atoms with E-state index in [4.69, 9.17) is 18.9 Å². The molecule has 0 saturated carbocycles. The predicted molar refractivity (Wildman–Crippen MR) is 150 cm³/mol. The van der Waals surface area contributed by atoms with E-state index >= 15 is 0 Å². The molecule has 0 aromatic rings. The number of carbonyl (C=O) groups excluding carboxylic acids is 3. The molecule has 222 valence electrons. The summed E-state index contributed by atoms with van der Waals surface area (Å²) >= 11 is 0. The standard InChI is InChI=1S/C30H55NO7/c1-12-28(33)37-26(20(3)4)18-27(35-10)22(7)14-15-25(38-30(34)21(5)6)24(9)29(36-11)23(8)16-17-31(13-2)19-32/h16-17,19-27,29H,12-15,18H2,1-11H3/b17-16+/t22-,23+,24-,25+,26-,27-,29+/m0/s1. The van der Waals surface area contributed by atoms with E-state index in [1.807, 2.05) is 54.5 Å². The summed E-state index contributed by atoms with van der Waals surface area (Å²) in [6.07, 6.45) is 6.00. The first kappa shape index (κ1) is 36.1. The fourth-order valence-corrected chi connectivity index (χ4v) is 4.52. The van der Waals surface area contributed by atoms with Crippen molar-refractivity contribution in [1.29, 1.82) is 0 Å². The highest BCUT2D eigenvalue weighted by atomic mass is 16.6. The van der Waals surface area contributed by atoms with E-state index < -0.39 is 0 Å². The highest BCUT2D eigenvalue weighted by Gasteiger charge is 2.33. The predicted octanol–water partition coefficient (Wildman–Crippen LogP) is 5.63. The lowest BCUT2D eigenvalue weighted by atomic mass is 9.84. The molecular formula is C30H55NO7. The number of hydrogen-bond acceptors (Lipinski definition) is 7. The first-order valence-corrected chi connectivity index (χ1v) is 14.2. The number of ether oxygens (including phenoxy) is 4. The molecule has 8 nitrogen and oxygen atoms in total. The molecule has 0 aliphatic heterocycles. The van der Waals surface area contributed by atoms with Crippen LogP contribution < -0.4 is 0 Å². The van der Waals surface area contributed by atoms with Gasteiger partial charge in [0.05, 0.1) is 18.1 Å². The van der Waals surface area contributed by atoms with Gasteiger partial charge in [0, 0.05) is 51.6 Å². The molecule has 38 heavy (non-hydrogen) atoms. The van der Waals surface area contributed by atoms with Crippen LogP contribution in [0.15, 0.2) is 12.3 Å². The maximum absolute atomic E-state index is 12.6. The van der Waals surface area contributed by atoms with Crippen LogP contribution >= 0.6 is 0 Å². The van der Waals surface area contributed by atoms with E-state index in [0.29, 0.717) is 25.8 Å². The fraction of sp³-hybridized carbons (Fsp3) is 0.833. The summed E-state index contributed by atoms with van der Waals surface area (Å²) in [6.45, 7) is 18.2. The van der Waals surface area contributed by atoms with E-state index in [-0.39, 0.29) is 65.9 Å². The summed E-state index contributed by atoms with van der Waals surface area (Å²) < 4.78 is 23.4. The number of methoxy groups -OCH3 is 2. The van der Waals surface area contributed by atoms with Crippen molar-refractivity contribution in [2.24, 2.45) is 29.6 Å². The van der Waals surface area contributed by atoms with Gasteiger partial charge in [-0.15, -0.1) is 0 Å². The van der Waals surface area contributed by atoms with E-state index in [9.17, 15) is 14.4 Å². The third kappa shape index (κ3) is 12.7. The Hall–Kier alpha value is -1.93. The first-order valence-electron chi connectivity index (χ1n) is 14.2. The van der Waals surface area contributed by atoms with Gasteiger partial charge in [0.25, 0.3) is 0 Å². The molecule has 0 aromatic carbocycles. The van der Waals surface area contributed by atoms with Crippen LogP contribution in [0.1, 0.15) is 88.0 Å². The Balaban J connectivity index is 5.63. The van der Waals surface area contributed by atoms with Crippen molar-refractivity contribution in [2.45, 2.75) is 112 Å². The van der Waals surface area contributed by atoms with Crippen molar-refractivity contribution in [3.05, 3.63) is 12.3 Å². The molecule has 0 aliphatic rings. The fourth-order valence-electron chi connectivity index (χ4n) is 4.52. The van der Waals surface area contributed by atoms with Crippen LogP contribution in [-0.2, 0) is 33.3 Å². The SMILES string of the molecule is CCC(=O)O[C@@H](C[C@H](OC)[C@@H](C)CC[C@@H](OC(=O)C(C)C)[C@H](C)[C@H](OC)[C@H](C)/C=C/N(C=O)CC)C(C)C. The summed E-state index contributed by atoms with van der Waals surface area (Å²) in [5, 5.41) is 0. The van der Waals surface area contributed by atoms with E-state index in [1.165, 1.54) is 0 Å². The van der Waals surface area contributed by atoms with Gasteiger partial charge in [-0.1, -0.05) is 61.5 Å². The summed E-state index contributed by atoms with van der Waals surface area (Å²) in [5.41, 5.74) is 0. The topological polar surface area (TPSA) is 91.4 Å². The van der Waals surface area contributed by atoms with Crippen LogP contribution in [0.2, 0.25) is 0 Å². The van der Waals surface area contributed by atoms with Crippen LogP contribution in [0.3, 0.4) is 0 Å². The Bertz CT molecular complexity index is 709. The molecule has 0 fully saturated rings. The van der Waals surface area contributed by atoms with Gasteiger partial charge in [-0.25, -0.2) is 0 Å². The summed E-state index contributed by atoms with van der Waals surface area (Å²) in [7, 11) is 3.35. The number of amides is 1. The maximum atomic E-state index is 12.6.